The summed E-state index contributed by atoms with van der Waals surface area (Å²) in [7, 11) is 0. The van der Waals surface area contributed by atoms with Gasteiger partial charge in [-0.2, -0.15) is 0 Å². The first-order chi connectivity index (χ1) is 9.04. The van der Waals surface area contributed by atoms with Crippen molar-refractivity contribution in [1.29, 1.82) is 0 Å². The maximum atomic E-state index is 13.3. The number of hydrogen-bond donors (Lipinski definition) is 1. The summed E-state index contributed by atoms with van der Waals surface area (Å²) in [6.07, 6.45) is 0.549. The Bertz CT molecular complexity index is 572. The topological polar surface area (TPSA) is 35.2 Å². The molecule has 0 saturated heterocycles. The second-order valence-corrected chi connectivity index (χ2v) is 4.93. The van der Waals surface area contributed by atoms with E-state index < -0.39 is 0 Å². The quantitative estimate of drug-likeness (QED) is 0.912. The van der Waals surface area contributed by atoms with Gasteiger partial charge >= 0.3 is 0 Å². The van der Waals surface area contributed by atoms with Crippen molar-refractivity contribution in [2.75, 3.05) is 0 Å². The third-order valence-corrected chi connectivity index (χ3v) is 2.82. The molecule has 19 heavy (non-hydrogen) atoms. The highest BCUT2D eigenvalue weighted by Crippen LogP contribution is 2.28. The number of benzene rings is 2. The van der Waals surface area contributed by atoms with Crippen LogP contribution in [0, 0.1) is 5.82 Å². The molecule has 0 aliphatic carbocycles. The van der Waals surface area contributed by atoms with Gasteiger partial charge in [-0.3, -0.25) is 0 Å². The lowest BCUT2D eigenvalue weighted by Gasteiger charge is -2.13. The molecular weight excluding hydrogens is 265 g/mol. The number of rotatable bonds is 4. The summed E-state index contributed by atoms with van der Waals surface area (Å²) in [6.45, 7) is 1.87. The summed E-state index contributed by atoms with van der Waals surface area (Å²) in [5.41, 5.74) is 6.51. The van der Waals surface area contributed by atoms with E-state index in [-0.39, 0.29) is 11.9 Å². The third kappa shape index (κ3) is 3.94. The Morgan fingerprint density at radius 2 is 2.05 bits per heavy atom. The third-order valence-electron chi connectivity index (χ3n) is 2.59. The summed E-state index contributed by atoms with van der Waals surface area (Å²) in [5, 5.41) is 0.591. The van der Waals surface area contributed by atoms with Crippen LogP contribution in [0.4, 0.5) is 4.39 Å². The predicted octanol–water partition coefficient (Wildman–Crippen LogP) is 4.16. The second-order valence-electron chi connectivity index (χ2n) is 4.49. The van der Waals surface area contributed by atoms with Crippen molar-refractivity contribution in [3.8, 4) is 11.5 Å². The summed E-state index contributed by atoms with van der Waals surface area (Å²) in [5.74, 6) is 0.917. The summed E-state index contributed by atoms with van der Waals surface area (Å²) in [6, 6.07) is 11.4. The summed E-state index contributed by atoms with van der Waals surface area (Å²) in [4.78, 5) is 0. The number of nitrogens with two attached hydrogens (primary N) is 1. The fourth-order valence-corrected chi connectivity index (χ4v) is 1.99. The van der Waals surface area contributed by atoms with Crippen molar-refractivity contribution < 1.29 is 9.13 Å². The summed E-state index contributed by atoms with van der Waals surface area (Å²) >= 11 is 5.90. The van der Waals surface area contributed by atoms with E-state index in [1.54, 1.807) is 30.3 Å². The molecule has 0 aliphatic heterocycles. The molecule has 0 aliphatic rings. The lowest BCUT2D eigenvalue weighted by atomic mass is 10.1. The SMILES string of the molecule is CC(N)Cc1cc(F)ccc1Oc1cccc(Cl)c1. The smallest absolute Gasteiger partial charge is 0.130 e. The highest BCUT2D eigenvalue weighted by molar-refractivity contribution is 6.30. The molecule has 2 rings (SSSR count). The molecule has 0 saturated carbocycles. The Morgan fingerprint density at radius 1 is 1.26 bits per heavy atom. The molecule has 0 amide bonds. The Balaban J connectivity index is 2.28. The normalized spacial score (nSPS) is 12.2. The fourth-order valence-electron chi connectivity index (χ4n) is 1.81. The first kappa shape index (κ1) is 13.8. The molecule has 0 radical (unpaired) electrons. The van der Waals surface area contributed by atoms with Crippen LogP contribution in [0.3, 0.4) is 0 Å². The van der Waals surface area contributed by atoms with Crippen LogP contribution in [0.25, 0.3) is 0 Å². The highest BCUT2D eigenvalue weighted by atomic mass is 35.5. The second kappa shape index (κ2) is 6.04. The zero-order chi connectivity index (χ0) is 13.8. The van der Waals surface area contributed by atoms with Gasteiger partial charge in [0.2, 0.25) is 0 Å². The maximum absolute atomic E-state index is 13.3. The molecule has 2 nitrogen and oxygen atoms in total. The van der Waals surface area contributed by atoms with E-state index >= 15 is 0 Å². The van der Waals surface area contributed by atoms with E-state index in [0.29, 0.717) is 22.9 Å². The van der Waals surface area contributed by atoms with E-state index in [0.717, 1.165) is 5.56 Å². The molecular formula is C15H15ClFNO. The molecule has 2 aromatic carbocycles. The largest absolute Gasteiger partial charge is 0.457 e. The van der Waals surface area contributed by atoms with Crippen molar-refractivity contribution in [2.45, 2.75) is 19.4 Å². The Labute approximate surface area is 117 Å². The first-order valence-electron chi connectivity index (χ1n) is 6.02. The van der Waals surface area contributed by atoms with Gasteiger partial charge in [-0.15, -0.1) is 0 Å². The van der Waals surface area contributed by atoms with Gasteiger partial charge in [-0.05, 0) is 55.3 Å². The van der Waals surface area contributed by atoms with Crippen molar-refractivity contribution >= 4 is 11.6 Å². The zero-order valence-corrected chi connectivity index (χ0v) is 11.3. The van der Waals surface area contributed by atoms with E-state index in [2.05, 4.69) is 0 Å². The zero-order valence-electron chi connectivity index (χ0n) is 10.6. The van der Waals surface area contributed by atoms with Gasteiger partial charge in [-0.25, -0.2) is 4.39 Å². The van der Waals surface area contributed by atoms with Crippen molar-refractivity contribution in [3.05, 3.63) is 58.9 Å². The van der Waals surface area contributed by atoms with Gasteiger partial charge in [0, 0.05) is 11.1 Å². The van der Waals surface area contributed by atoms with Crippen LogP contribution >= 0.6 is 11.6 Å². The average molecular weight is 280 g/mol. The molecule has 0 aromatic heterocycles. The minimum atomic E-state index is -0.297. The van der Waals surface area contributed by atoms with Gasteiger partial charge in [0.05, 0.1) is 0 Å². The molecule has 0 fully saturated rings. The van der Waals surface area contributed by atoms with Crippen LogP contribution in [-0.4, -0.2) is 6.04 Å². The van der Waals surface area contributed by atoms with Crippen LogP contribution in [0.5, 0.6) is 11.5 Å². The van der Waals surface area contributed by atoms with Gasteiger partial charge < -0.3 is 10.5 Å². The van der Waals surface area contributed by atoms with Crippen LogP contribution in [-0.2, 0) is 6.42 Å². The molecule has 0 heterocycles. The standard InChI is InChI=1S/C15H15ClFNO/c1-10(18)7-11-8-13(17)5-6-15(11)19-14-4-2-3-12(16)9-14/h2-6,8-10H,7,18H2,1H3. The molecule has 1 unspecified atom stereocenters. The average Bonchev–Trinajstić information content (AvgIpc) is 2.32. The monoisotopic (exact) mass is 279 g/mol. The molecule has 4 heteroatoms. The Morgan fingerprint density at radius 3 is 2.74 bits per heavy atom. The molecule has 100 valence electrons. The minimum Gasteiger partial charge on any atom is -0.457 e. The summed E-state index contributed by atoms with van der Waals surface area (Å²) < 4.78 is 19.0. The Kier molecular flexibility index (Phi) is 4.40. The Hall–Kier alpha value is -1.58. The van der Waals surface area contributed by atoms with Crippen molar-refractivity contribution in [2.24, 2.45) is 5.73 Å². The van der Waals surface area contributed by atoms with Crippen LogP contribution in [0.15, 0.2) is 42.5 Å². The van der Waals surface area contributed by atoms with Crippen molar-refractivity contribution in [3.63, 3.8) is 0 Å². The molecule has 2 N–H and O–H groups in total. The number of halogens is 2. The number of hydrogen-bond acceptors (Lipinski definition) is 2. The molecule has 0 spiro atoms. The van der Waals surface area contributed by atoms with E-state index in [1.807, 2.05) is 6.92 Å². The van der Waals surface area contributed by atoms with Crippen LogP contribution < -0.4 is 10.5 Å². The van der Waals surface area contributed by atoms with Crippen LogP contribution in [0.2, 0.25) is 5.02 Å². The van der Waals surface area contributed by atoms with E-state index in [4.69, 9.17) is 22.1 Å². The highest BCUT2D eigenvalue weighted by Gasteiger charge is 2.09. The maximum Gasteiger partial charge on any atom is 0.130 e. The fraction of sp³-hybridized carbons (Fsp3) is 0.200. The molecule has 0 bridgehead atoms. The van der Waals surface area contributed by atoms with Gasteiger partial charge in [0.25, 0.3) is 0 Å². The molecule has 1 atom stereocenters. The first-order valence-corrected chi connectivity index (χ1v) is 6.40. The van der Waals surface area contributed by atoms with E-state index in [9.17, 15) is 4.39 Å². The van der Waals surface area contributed by atoms with Crippen LogP contribution in [0.1, 0.15) is 12.5 Å². The number of ether oxygens (including phenoxy) is 1. The minimum absolute atomic E-state index is 0.0662. The van der Waals surface area contributed by atoms with Gasteiger partial charge in [-0.1, -0.05) is 17.7 Å². The van der Waals surface area contributed by atoms with Crippen molar-refractivity contribution in [1.82, 2.24) is 0 Å². The lowest BCUT2D eigenvalue weighted by molar-refractivity contribution is 0.471. The molecule has 2 aromatic rings. The van der Waals surface area contributed by atoms with E-state index in [1.165, 1.54) is 12.1 Å². The lowest BCUT2D eigenvalue weighted by Crippen LogP contribution is -2.18. The predicted molar refractivity (Wildman–Crippen MR) is 75.3 cm³/mol. The van der Waals surface area contributed by atoms with Gasteiger partial charge in [0.1, 0.15) is 17.3 Å². The van der Waals surface area contributed by atoms with Gasteiger partial charge in [0.15, 0.2) is 0 Å².